The number of hydrogen-bond donors (Lipinski definition) is 1. The average Bonchev–Trinajstić information content (AvgIpc) is 3.19. The molecular formula is C22H33NO5. The molecule has 2 rings (SSSR count). The fourth-order valence-corrected chi connectivity index (χ4v) is 3.04. The minimum atomic E-state index is -0.585. The fourth-order valence-electron chi connectivity index (χ4n) is 3.04. The van der Waals surface area contributed by atoms with Crippen LogP contribution in [0.25, 0.3) is 0 Å². The molecule has 1 heterocycles. The Morgan fingerprint density at radius 2 is 1.93 bits per heavy atom. The van der Waals surface area contributed by atoms with Crippen LogP contribution < -0.4 is 9.47 Å². The highest BCUT2D eigenvalue weighted by Crippen LogP contribution is 2.31. The van der Waals surface area contributed by atoms with Crippen LogP contribution in [-0.4, -0.2) is 50.0 Å². The number of rotatable bonds is 13. The van der Waals surface area contributed by atoms with Crippen molar-refractivity contribution in [1.82, 2.24) is 4.90 Å². The molecule has 0 fully saturated rings. The fraction of sp³-hybridized carbons (Fsp3) is 0.545. The van der Waals surface area contributed by atoms with Crippen LogP contribution in [0.2, 0.25) is 0 Å². The lowest BCUT2D eigenvalue weighted by molar-refractivity contribution is 0.00316. The lowest BCUT2D eigenvalue weighted by Crippen LogP contribution is -2.35. The number of aliphatic hydroxyl groups excluding tert-OH is 1. The lowest BCUT2D eigenvalue weighted by Gasteiger charge is -2.27. The van der Waals surface area contributed by atoms with Crippen LogP contribution in [0.1, 0.15) is 31.6 Å². The Hall–Kier alpha value is -2.02. The Morgan fingerprint density at radius 3 is 2.57 bits per heavy atom. The van der Waals surface area contributed by atoms with Crippen LogP contribution >= 0.6 is 0 Å². The average molecular weight is 392 g/mol. The maximum Gasteiger partial charge on any atom is 0.165 e. The minimum absolute atomic E-state index is 0.258. The van der Waals surface area contributed by atoms with Crippen LogP contribution in [0.4, 0.5) is 0 Å². The van der Waals surface area contributed by atoms with Gasteiger partial charge in [0.1, 0.15) is 12.4 Å². The first-order valence-electron chi connectivity index (χ1n) is 9.73. The SMILES string of the molecule is COc1cccc(CN(CCC(C)C)CC(O)COCc2ccco2)c1OC. The highest BCUT2D eigenvalue weighted by Gasteiger charge is 2.17. The van der Waals surface area contributed by atoms with Gasteiger partial charge in [-0.1, -0.05) is 26.0 Å². The molecule has 156 valence electrons. The Kier molecular flexibility index (Phi) is 9.34. The van der Waals surface area contributed by atoms with E-state index >= 15 is 0 Å². The maximum absolute atomic E-state index is 10.5. The van der Waals surface area contributed by atoms with Gasteiger partial charge in [0, 0.05) is 18.7 Å². The van der Waals surface area contributed by atoms with Crippen molar-refractivity contribution in [2.45, 2.75) is 39.5 Å². The number of aliphatic hydroxyl groups is 1. The van der Waals surface area contributed by atoms with Crippen molar-refractivity contribution >= 4 is 0 Å². The topological polar surface area (TPSA) is 64.3 Å². The normalized spacial score (nSPS) is 12.5. The van der Waals surface area contributed by atoms with Gasteiger partial charge in [0.05, 0.1) is 33.2 Å². The third kappa shape index (κ3) is 7.19. The van der Waals surface area contributed by atoms with Gasteiger partial charge < -0.3 is 23.7 Å². The first-order valence-corrected chi connectivity index (χ1v) is 9.73. The van der Waals surface area contributed by atoms with Crippen LogP contribution in [0.5, 0.6) is 11.5 Å². The molecule has 2 aromatic rings. The van der Waals surface area contributed by atoms with Gasteiger partial charge in [0.25, 0.3) is 0 Å². The first kappa shape index (κ1) is 22.3. The number of hydrogen-bond acceptors (Lipinski definition) is 6. The van der Waals surface area contributed by atoms with Crippen molar-refractivity contribution in [3.05, 3.63) is 47.9 Å². The molecule has 1 unspecified atom stereocenters. The molecule has 0 aliphatic rings. The summed E-state index contributed by atoms with van der Waals surface area (Å²) in [5, 5.41) is 10.5. The summed E-state index contributed by atoms with van der Waals surface area (Å²) in [4.78, 5) is 2.23. The molecule has 1 aromatic heterocycles. The summed E-state index contributed by atoms with van der Waals surface area (Å²) >= 11 is 0. The third-order valence-corrected chi connectivity index (χ3v) is 4.50. The molecule has 0 amide bonds. The Labute approximate surface area is 168 Å². The number of furan rings is 1. The molecule has 0 saturated carbocycles. The predicted octanol–water partition coefficient (Wildman–Crippen LogP) is 3.72. The zero-order chi connectivity index (χ0) is 20.4. The zero-order valence-electron chi connectivity index (χ0n) is 17.4. The summed E-state index contributed by atoms with van der Waals surface area (Å²) in [7, 11) is 3.29. The van der Waals surface area contributed by atoms with Gasteiger partial charge in [-0.2, -0.15) is 0 Å². The molecule has 0 spiro atoms. The van der Waals surface area contributed by atoms with E-state index in [4.69, 9.17) is 18.6 Å². The molecule has 6 nitrogen and oxygen atoms in total. The molecule has 28 heavy (non-hydrogen) atoms. The van der Waals surface area contributed by atoms with E-state index in [1.807, 2.05) is 30.3 Å². The third-order valence-electron chi connectivity index (χ3n) is 4.50. The standard InChI is InChI=1S/C22H33NO5/c1-17(2)10-11-23(13-18-7-5-9-21(25-3)22(18)26-4)14-19(24)15-27-16-20-8-6-12-28-20/h5-9,12,17,19,24H,10-11,13-16H2,1-4H3. The number of nitrogens with zero attached hydrogens (tertiary/aromatic N) is 1. The highest BCUT2D eigenvalue weighted by molar-refractivity contribution is 5.46. The van der Waals surface area contributed by atoms with Crippen LogP contribution in [0, 0.1) is 5.92 Å². The van der Waals surface area contributed by atoms with Crippen molar-refractivity contribution in [2.75, 3.05) is 33.9 Å². The van der Waals surface area contributed by atoms with Crippen LogP contribution in [0.3, 0.4) is 0 Å². The quantitative estimate of drug-likeness (QED) is 0.561. The Bertz CT molecular complexity index is 672. The van der Waals surface area contributed by atoms with Gasteiger partial charge in [-0.15, -0.1) is 0 Å². The minimum Gasteiger partial charge on any atom is -0.493 e. The highest BCUT2D eigenvalue weighted by atomic mass is 16.5. The number of para-hydroxylation sites is 1. The largest absolute Gasteiger partial charge is 0.493 e. The second-order valence-electron chi connectivity index (χ2n) is 7.32. The summed E-state index contributed by atoms with van der Waals surface area (Å²) in [6, 6.07) is 9.56. The summed E-state index contributed by atoms with van der Waals surface area (Å²) in [6.07, 6.45) is 2.08. The van der Waals surface area contributed by atoms with Gasteiger partial charge in [-0.05, 0) is 37.1 Å². The van der Waals surface area contributed by atoms with Crippen molar-refractivity contribution in [3.63, 3.8) is 0 Å². The van der Waals surface area contributed by atoms with Gasteiger partial charge in [0.15, 0.2) is 11.5 Å². The molecule has 0 aliphatic carbocycles. The van der Waals surface area contributed by atoms with E-state index in [0.29, 0.717) is 31.4 Å². The second-order valence-corrected chi connectivity index (χ2v) is 7.32. The van der Waals surface area contributed by atoms with Gasteiger partial charge in [0.2, 0.25) is 0 Å². The molecule has 1 aromatic carbocycles. The molecule has 1 N–H and O–H groups in total. The van der Waals surface area contributed by atoms with Gasteiger partial charge in [-0.3, -0.25) is 4.90 Å². The zero-order valence-corrected chi connectivity index (χ0v) is 17.4. The summed E-state index contributed by atoms with van der Waals surface area (Å²) in [6.45, 7) is 7.09. The van der Waals surface area contributed by atoms with Crippen LogP contribution in [0.15, 0.2) is 41.0 Å². The van der Waals surface area contributed by atoms with Gasteiger partial charge >= 0.3 is 0 Å². The molecular weight excluding hydrogens is 358 g/mol. The van der Waals surface area contributed by atoms with Gasteiger partial charge in [-0.25, -0.2) is 0 Å². The van der Waals surface area contributed by atoms with Crippen molar-refractivity contribution in [3.8, 4) is 11.5 Å². The van der Waals surface area contributed by atoms with Crippen molar-refractivity contribution in [2.24, 2.45) is 5.92 Å². The van der Waals surface area contributed by atoms with E-state index in [1.54, 1.807) is 20.5 Å². The summed E-state index contributed by atoms with van der Waals surface area (Å²) < 4.78 is 21.8. The number of ether oxygens (including phenoxy) is 3. The number of methoxy groups -OCH3 is 2. The van der Waals surface area contributed by atoms with E-state index in [2.05, 4.69) is 18.7 Å². The lowest BCUT2D eigenvalue weighted by atomic mass is 10.1. The molecule has 0 aliphatic heterocycles. The monoisotopic (exact) mass is 391 g/mol. The molecule has 0 bridgehead atoms. The molecule has 0 radical (unpaired) electrons. The smallest absolute Gasteiger partial charge is 0.165 e. The molecule has 0 saturated heterocycles. The Balaban J connectivity index is 1.96. The van der Waals surface area contributed by atoms with E-state index in [0.717, 1.165) is 30.0 Å². The van der Waals surface area contributed by atoms with E-state index < -0.39 is 6.10 Å². The van der Waals surface area contributed by atoms with E-state index in [9.17, 15) is 5.11 Å². The van der Waals surface area contributed by atoms with Crippen molar-refractivity contribution in [1.29, 1.82) is 0 Å². The van der Waals surface area contributed by atoms with Crippen molar-refractivity contribution < 1.29 is 23.7 Å². The van der Waals surface area contributed by atoms with E-state index in [1.165, 1.54) is 0 Å². The van der Waals surface area contributed by atoms with E-state index in [-0.39, 0.29) is 6.61 Å². The summed E-state index contributed by atoms with van der Waals surface area (Å²) in [5.41, 5.74) is 1.04. The maximum atomic E-state index is 10.5. The Morgan fingerprint density at radius 1 is 1.11 bits per heavy atom. The summed E-state index contributed by atoms with van der Waals surface area (Å²) in [5.74, 6) is 2.79. The number of benzene rings is 1. The second kappa shape index (κ2) is 11.7. The molecule has 6 heteroatoms. The molecule has 1 atom stereocenters. The van der Waals surface area contributed by atoms with Crippen LogP contribution in [-0.2, 0) is 17.9 Å². The predicted molar refractivity (Wildman–Crippen MR) is 109 cm³/mol. The first-order chi connectivity index (χ1) is 13.5.